The molecular formula is C19H26N10O. The Balaban J connectivity index is 1.52. The van der Waals surface area contributed by atoms with Crippen LogP contribution < -0.4 is 21.3 Å². The van der Waals surface area contributed by atoms with Crippen molar-refractivity contribution in [2.75, 3.05) is 56.6 Å². The van der Waals surface area contributed by atoms with Gasteiger partial charge in [0.2, 0.25) is 11.9 Å². The van der Waals surface area contributed by atoms with Gasteiger partial charge in [-0.25, -0.2) is 19.9 Å². The first kappa shape index (κ1) is 19.1. The van der Waals surface area contributed by atoms with E-state index in [9.17, 15) is 0 Å². The van der Waals surface area contributed by atoms with E-state index in [2.05, 4.69) is 35.1 Å². The third kappa shape index (κ3) is 3.91. The van der Waals surface area contributed by atoms with Crippen LogP contribution in [0, 0.1) is 0 Å². The van der Waals surface area contributed by atoms with Gasteiger partial charge in [0, 0.05) is 63.3 Å². The van der Waals surface area contributed by atoms with Crippen LogP contribution in [0.25, 0.3) is 22.4 Å². The number of anilines is 2. The first-order valence-electron chi connectivity index (χ1n) is 10.4. The summed E-state index contributed by atoms with van der Waals surface area (Å²) in [7, 11) is 0. The number of nitrogens with one attached hydrogen (secondary N) is 2. The highest BCUT2D eigenvalue weighted by Gasteiger charge is 2.21. The number of ether oxygens (including phenoxy) is 1. The van der Waals surface area contributed by atoms with E-state index in [-0.39, 0.29) is 5.95 Å². The Hall–Kier alpha value is -2.89. The first-order valence-corrected chi connectivity index (χ1v) is 10.4. The number of morpholine rings is 1. The lowest BCUT2D eigenvalue weighted by Gasteiger charge is -2.27. The monoisotopic (exact) mass is 410 g/mol. The van der Waals surface area contributed by atoms with Gasteiger partial charge in [0.15, 0.2) is 5.65 Å². The number of aromatic nitrogens is 6. The van der Waals surface area contributed by atoms with Crippen LogP contribution in [0.2, 0.25) is 0 Å². The fourth-order valence-corrected chi connectivity index (χ4v) is 3.87. The van der Waals surface area contributed by atoms with Crippen molar-refractivity contribution in [3.63, 3.8) is 0 Å². The quantitative estimate of drug-likeness (QED) is 0.513. The third-order valence-corrected chi connectivity index (χ3v) is 5.54. The molecule has 0 radical (unpaired) electrons. The number of nitrogens with zero attached hydrogens (tertiary/aromatic N) is 7. The van der Waals surface area contributed by atoms with Crippen LogP contribution in [0.4, 0.5) is 11.9 Å². The molecule has 0 saturated carbocycles. The predicted molar refractivity (Wildman–Crippen MR) is 113 cm³/mol. The van der Waals surface area contributed by atoms with Crippen molar-refractivity contribution < 1.29 is 4.74 Å². The van der Waals surface area contributed by atoms with E-state index in [4.69, 9.17) is 20.4 Å². The SMILES string of the molecule is Nc1ncc(-c2nc(N3CCOCC3)nc3c2ncn3CCC2CNCCN2)cn1. The second kappa shape index (κ2) is 8.46. The van der Waals surface area contributed by atoms with Gasteiger partial charge in [0.1, 0.15) is 11.2 Å². The summed E-state index contributed by atoms with van der Waals surface area (Å²) in [6.07, 6.45) is 6.21. The highest BCUT2D eigenvalue weighted by molar-refractivity contribution is 5.88. The molecule has 0 aliphatic carbocycles. The zero-order valence-electron chi connectivity index (χ0n) is 16.8. The molecule has 3 aromatic heterocycles. The fraction of sp³-hybridized carbons (Fsp3) is 0.526. The summed E-state index contributed by atoms with van der Waals surface area (Å²) in [4.78, 5) is 24.8. The molecule has 2 aliphatic heterocycles. The molecule has 30 heavy (non-hydrogen) atoms. The predicted octanol–water partition coefficient (Wildman–Crippen LogP) is -0.346. The Morgan fingerprint density at radius 1 is 1.10 bits per heavy atom. The molecule has 5 heterocycles. The summed E-state index contributed by atoms with van der Waals surface area (Å²) in [5.41, 5.74) is 8.73. The van der Waals surface area contributed by atoms with Gasteiger partial charge in [-0.15, -0.1) is 0 Å². The number of hydrogen-bond acceptors (Lipinski definition) is 10. The first-order chi connectivity index (χ1) is 14.8. The largest absolute Gasteiger partial charge is 0.378 e. The second-order valence-corrected chi connectivity index (χ2v) is 7.56. The number of hydrogen-bond donors (Lipinski definition) is 3. The molecule has 11 nitrogen and oxygen atoms in total. The highest BCUT2D eigenvalue weighted by atomic mass is 16.5. The van der Waals surface area contributed by atoms with Gasteiger partial charge in [-0.1, -0.05) is 0 Å². The summed E-state index contributed by atoms with van der Waals surface area (Å²) >= 11 is 0. The summed E-state index contributed by atoms with van der Waals surface area (Å²) in [5.74, 6) is 0.911. The van der Waals surface area contributed by atoms with Crippen LogP contribution in [0.15, 0.2) is 18.7 Å². The van der Waals surface area contributed by atoms with E-state index < -0.39 is 0 Å². The smallest absolute Gasteiger partial charge is 0.228 e. The molecule has 11 heteroatoms. The standard InChI is InChI=1S/C19H26N10O/c20-18-23-9-13(10-24-18)15-16-17(27-19(26-15)28-5-7-30-8-6-28)29(12-25-16)4-1-14-11-21-2-3-22-14/h9-10,12,14,21-22H,1-8,11H2,(H2,20,23,24). The Morgan fingerprint density at radius 2 is 1.93 bits per heavy atom. The van der Waals surface area contributed by atoms with Crippen molar-refractivity contribution in [3.8, 4) is 11.3 Å². The molecule has 1 atom stereocenters. The second-order valence-electron chi connectivity index (χ2n) is 7.56. The number of fused-ring (bicyclic) bond motifs is 1. The van der Waals surface area contributed by atoms with Gasteiger partial charge in [0.25, 0.3) is 0 Å². The molecule has 0 aromatic carbocycles. The number of aryl methyl sites for hydroxylation is 1. The molecule has 2 saturated heterocycles. The summed E-state index contributed by atoms with van der Waals surface area (Å²) in [6.45, 7) is 6.68. The highest BCUT2D eigenvalue weighted by Crippen LogP contribution is 2.27. The van der Waals surface area contributed by atoms with E-state index in [1.54, 1.807) is 12.4 Å². The number of piperazine rings is 1. The molecule has 3 aromatic rings. The van der Waals surface area contributed by atoms with E-state index in [0.29, 0.717) is 25.2 Å². The lowest BCUT2D eigenvalue weighted by molar-refractivity contribution is 0.122. The number of rotatable bonds is 5. The van der Waals surface area contributed by atoms with Crippen molar-refractivity contribution in [3.05, 3.63) is 18.7 Å². The van der Waals surface area contributed by atoms with Gasteiger partial charge >= 0.3 is 0 Å². The van der Waals surface area contributed by atoms with Crippen molar-refractivity contribution >= 4 is 23.1 Å². The van der Waals surface area contributed by atoms with E-state index >= 15 is 0 Å². The van der Waals surface area contributed by atoms with E-state index in [0.717, 1.165) is 68.1 Å². The molecule has 0 amide bonds. The molecule has 158 valence electrons. The zero-order valence-corrected chi connectivity index (χ0v) is 16.8. The van der Waals surface area contributed by atoms with Crippen LogP contribution in [0.3, 0.4) is 0 Å². The average Bonchev–Trinajstić information content (AvgIpc) is 3.22. The zero-order chi connectivity index (χ0) is 20.3. The normalized spacial score (nSPS) is 20.0. The van der Waals surface area contributed by atoms with Crippen LogP contribution in [-0.2, 0) is 11.3 Å². The molecule has 1 unspecified atom stereocenters. The minimum absolute atomic E-state index is 0.233. The fourth-order valence-electron chi connectivity index (χ4n) is 3.87. The molecule has 0 spiro atoms. The topological polar surface area (TPSA) is 132 Å². The summed E-state index contributed by atoms with van der Waals surface area (Å²) in [6, 6.07) is 0.446. The van der Waals surface area contributed by atoms with Crippen LogP contribution >= 0.6 is 0 Å². The van der Waals surface area contributed by atoms with Gasteiger partial charge < -0.3 is 30.6 Å². The Labute approximate surface area is 174 Å². The van der Waals surface area contributed by atoms with Crippen molar-refractivity contribution in [2.45, 2.75) is 19.0 Å². The maximum Gasteiger partial charge on any atom is 0.228 e. The maximum atomic E-state index is 5.67. The summed E-state index contributed by atoms with van der Waals surface area (Å²) in [5, 5.41) is 6.99. The van der Waals surface area contributed by atoms with E-state index in [1.165, 1.54) is 0 Å². The molecule has 5 rings (SSSR count). The minimum atomic E-state index is 0.233. The van der Waals surface area contributed by atoms with Crippen LogP contribution in [0.1, 0.15) is 6.42 Å². The van der Waals surface area contributed by atoms with Crippen molar-refractivity contribution in [1.29, 1.82) is 0 Å². The number of nitrogens with two attached hydrogens (primary N) is 1. The Kier molecular flexibility index (Phi) is 5.39. The molecule has 2 fully saturated rings. The third-order valence-electron chi connectivity index (χ3n) is 5.54. The molecule has 2 aliphatic rings. The minimum Gasteiger partial charge on any atom is -0.378 e. The van der Waals surface area contributed by atoms with Crippen molar-refractivity contribution in [2.24, 2.45) is 0 Å². The summed E-state index contributed by atoms with van der Waals surface area (Å²) < 4.78 is 7.60. The molecule has 0 bridgehead atoms. The van der Waals surface area contributed by atoms with Crippen LogP contribution in [0.5, 0.6) is 0 Å². The van der Waals surface area contributed by atoms with Crippen molar-refractivity contribution in [1.82, 2.24) is 40.1 Å². The van der Waals surface area contributed by atoms with E-state index in [1.807, 2.05) is 6.33 Å². The lowest BCUT2D eigenvalue weighted by atomic mass is 10.1. The van der Waals surface area contributed by atoms with Gasteiger partial charge in [-0.3, -0.25) is 0 Å². The molecular weight excluding hydrogens is 384 g/mol. The lowest BCUT2D eigenvalue weighted by Crippen LogP contribution is -2.48. The maximum absolute atomic E-state index is 5.67. The van der Waals surface area contributed by atoms with Gasteiger partial charge in [-0.2, -0.15) is 4.98 Å². The van der Waals surface area contributed by atoms with Gasteiger partial charge in [-0.05, 0) is 6.42 Å². The molecule has 4 N–H and O–H groups in total. The Bertz CT molecular complexity index is 992. The number of nitrogen functional groups attached to an aromatic ring is 1. The average molecular weight is 410 g/mol. The van der Waals surface area contributed by atoms with Gasteiger partial charge in [0.05, 0.1) is 19.5 Å². The number of imidazole rings is 1. The Morgan fingerprint density at radius 3 is 2.70 bits per heavy atom. The van der Waals surface area contributed by atoms with Crippen LogP contribution in [-0.4, -0.2) is 81.5 Å².